The van der Waals surface area contributed by atoms with E-state index in [0.717, 1.165) is 10.5 Å². The first-order chi connectivity index (χ1) is 14.6. The molecule has 2 amide bonds. The van der Waals surface area contributed by atoms with Gasteiger partial charge in [-0.25, -0.2) is 0 Å². The van der Waals surface area contributed by atoms with Gasteiger partial charge in [-0.2, -0.15) is 5.26 Å². The third-order valence-corrected chi connectivity index (χ3v) is 6.19. The number of carbonyl (C=O) groups excluding carboxylic acids is 2. The van der Waals surface area contributed by atoms with Crippen LogP contribution in [0.15, 0.2) is 53.4 Å². The van der Waals surface area contributed by atoms with Crippen molar-refractivity contribution in [3.63, 3.8) is 0 Å². The zero-order valence-corrected chi connectivity index (χ0v) is 18.0. The highest BCUT2D eigenvalue weighted by atomic mass is 35.5. The summed E-state index contributed by atoms with van der Waals surface area (Å²) in [5, 5.41) is 9.57. The van der Waals surface area contributed by atoms with Crippen LogP contribution in [0.25, 0.3) is 0 Å². The molecule has 0 aromatic heterocycles. The zero-order valence-electron chi connectivity index (χ0n) is 16.4. The van der Waals surface area contributed by atoms with Crippen LogP contribution in [-0.2, 0) is 20.9 Å². The molecular formula is C22H22ClN3O3S. The monoisotopic (exact) mass is 443 g/mol. The fraction of sp³-hybridized carbons (Fsp3) is 0.318. The van der Waals surface area contributed by atoms with E-state index in [9.17, 15) is 9.59 Å². The van der Waals surface area contributed by atoms with Gasteiger partial charge in [-0.15, -0.1) is 11.8 Å². The van der Waals surface area contributed by atoms with Crippen LogP contribution in [0.1, 0.15) is 11.1 Å². The van der Waals surface area contributed by atoms with Crippen molar-refractivity contribution in [1.29, 1.82) is 5.26 Å². The van der Waals surface area contributed by atoms with Crippen LogP contribution >= 0.6 is 23.4 Å². The first kappa shape index (κ1) is 22.2. The Kier molecular flexibility index (Phi) is 8.14. The van der Waals surface area contributed by atoms with E-state index in [1.807, 2.05) is 18.2 Å². The Morgan fingerprint density at radius 2 is 1.83 bits per heavy atom. The second kappa shape index (κ2) is 11.0. The van der Waals surface area contributed by atoms with Crippen LogP contribution < -0.4 is 0 Å². The highest BCUT2D eigenvalue weighted by molar-refractivity contribution is 8.00. The number of hydrogen-bond donors (Lipinski definition) is 0. The Balaban J connectivity index is 1.69. The number of rotatable bonds is 7. The lowest BCUT2D eigenvalue weighted by Gasteiger charge is -2.30. The summed E-state index contributed by atoms with van der Waals surface area (Å²) in [6, 6.07) is 16.5. The van der Waals surface area contributed by atoms with E-state index in [1.54, 1.807) is 40.1 Å². The van der Waals surface area contributed by atoms with Crippen molar-refractivity contribution in [2.24, 2.45) is 0 Å². The first-order valence-corrected chi connectivity index (χ1v) is 10.9. The third-order valence-electron chi connectivity index (χ3n) is 4.69. The molecule has 0 aliphatic carbocycles. The Labute approximate surface area is 185 Å². The molecule has 2 aromatic carbocycles. The van der Waals surface area contributed by atoms with E-state index in [-0.39, 0.29) is 24.1 Å². The summed E-state index contributed by atoms with van der Waals surface area (Å²) < 4.78 is 5.30. The van der Waals surface area contributed by atoms with Crippen molar-refractivity contribution in [3.05, 3.63) is 64.7 Å². The molecule has 0 N–H and O–H groups in total. The summed E-state index contributed by atoms with van der Waals surface area (Å²) in [7, 11) is 0. The standard InChI is InChI=1S/C22H22ClN3O3S/c23-19-3-1-2-4-20(19)30-16-22(28)26(14-18-7-5-17(13-24)6-8-18)15-21(27)25-9-11-29-12-10-25/h1-8H,9-12,14-16H2. The molecule has 1 aliphatic rings. The number of nitriles is 1. The summed E-state index contributed by atoms with van der Waals surface area (Å²) in [4.78, 5) is 29.8. The number of carbonyl (C=O) groups is 2. The average Bonchev–Trinajstić information content (AvgIpc) is 2.79. The number of nitrogens with zero attached hydrogens (tertiary/aromatic N) is 3. The van der Waals surface area contributed by atoms with Gasteiger partial charge in [-0.3, -0.25) is 9.59 Å². The van der Waals surface area contributed by atoms with Crippen molar-refractivity contribution >= 4 is 35.2 Å². The summed E-state index contributed by atoms with van der Waals surface area (Å²) in [6.07, 6.45) is 0. The topological polar surface area (TPSA) is 73.6 Å². The van der Waals surface area contributed by atoms with Gasteiger partial charge in [0.05, 0.1) is 35.6 Å². The third kappa shape index (κ3) is 6.23. The quantitative estimate of drug-likeness (QED) is 0.614. The fourth-order valence-electron chi connectivity index (χ4n) is 3.01. The number of halogens is 1. The molecule has 0 spiro atoms. The normalized spacial score (nSPS) is 13.5. The number of benzene rings is 2. The molecule has 1 heterocycles. The molecular weight excluding hydrogens is 422 g/mol. The molecule has 1 aliphatic heterocycles. The largest absolute Gasteiger partial charge is 0.378 e. The lowest BCUT2D eigenvalue weighted by atomic mass is 10.1. The van der Waals surface area contributed by atoms with Crippen LogP contribution in [-0.4, -0.2) is 60.2 Å². The summed E-state index contributed by atoms with van der Waals surface area (Å²) in [5.74, 6) is -0.0647. The van der Waals surface area contributed by atoms with E-state index in [4.69, 9.17) is 21.6 Å². The van der Waals surface area contributed by atoms with Gasteiger partial charge >= 0.3 is 0 Å². The number of thioether (sulfide) groups is 1. The maximum atomic E-state index is 13.0. The highest BCUT2D eigenvalue weighted by Gasteiger charge is 2.23. The highest BCUT2D eigenvalue weighted by Crippen LogP contribution is 2.27. The SMILES string of the molecule is N#Cc1ccc(CN(CC(=O)N2CCOCC2)C(=O)CSc2ccccc2Cl)cc1. The smallest absolute Gasteiger partial charge is 0.242 e. The second-order valence-corrected chi connectivity index (χ2v) is 8.20. The van der Waals surface area contributed by atoms with Crippen molar-refractivity contribution in [1.82, 2.24) is 9.80 Å². The number of ether oxygens (including phenoxy) is 1. The number of amides is 2. The van der Waals surface area contributed by atoms with Crippen LogP contribution in [0.3, 0.4) is 0 Å². The predicted octanol–water partition coefficient (Wildman–Crippen LogP) is 3.19. The summed E-state index contributed by atoms with van der Waals surface area (Å²) in [6.45, 7) is 2.39. The lowest BCUT2D eigenvalue weighted by Crippen LogP contribution is -2.47. The Hall–Kier alpha value is -2.53. The van der Waals surface area contributed by atoms with E-state index in [1.165, 1.54) is 11.8 Å². The minimum Gasteiger partial charge on any atom is -0.378 e. The molecule has 0 bridgehead atoms. The molecule has 2 aromatic rings. The number of morpholine rings is 1. The van der Waals surface area contributed by atoms with Gasteiger partial charge in [-0.05, 0) is 29.8 Å². The first-order valence-electron chi connectivity index (χ1n) is 9.56. The molecule has 0 unspecified atom stereocenters. The molecule has 0 saturated carbocycles. The molecule has 30 heavy (non-hydrogen) atoms. The summed E-state index contributed by atoms with van der Waals surface area (Å²) in [5.41, 5.74) is 1.41. The zero-order chi connectivity index (χ0) is 21.3. The van der Waals surface area contributed by atoms with Gasteiger partial charge in [0.15, 0.2) is 0 Å². The van der Waals surface area contributed by atoms with Gasteiger partial charge in [0.1, 0.15) is 6.54 Å². The van der Waals surface area contributed by atoms with Crippen molar-refractivity contribution < 1.29 is 14.3 Å². The van der Waals surface area contributed by atoms with Crippen LogP contribution in [0.2, 0.25) is 5.02 Å². The average molecular weight is 444 g/mol. The van der Waals surface area contributed by atoms with Crippen molar-refractivity contribution in [3.8, 4) is 6.07 Å². The van der Waals surface area contributed by atoms with Crippen molar-refractivity contribution in [2.45, 2.75) is 11.4 Å². The summed E-state index contributed by atoms with van der Waals surface area (Å²) >= 11 is 7.54. The Morgan fingerprint density at radius 1 is 1.13 bits per heavy atom. The van der Waals surface area contributed by atoms with E-state index in [0.29, 0.717) is 43.4 Å². The second-order valence-electron chi connectivity index (χ2n) is 6.77. The maximum absolute atomic E-state index is 13.0. The van der Waals surface area contributed by atoms with Gasteiger partial charge < -0.3 is 14.5 Å². The van der Waals surface area contributed by atoms with Gasteiger partial charge in [0.2, 0.25) is 11.8 Å². The molecule has 3 rings (SSSR count). The van der Waals surface area contributed by atoms with Gasteiger partial charge in [-0.1, -0.05) is 35.9 Å². The van der Waals surface area contributed by atoms with Crippen molar-refractivity contribution in [2.75, 3.05) is 38.6 Å². The van der Waals surface area contributed by atoms with E-state index < -0.39 is 0 Å². The molecule has 8 heteroatoms. The van der Waals surface area contributed by atoms with E-state index in [2.05, 4.69) is 6.07 Å². The van der Waals surface area contributed by atoms with Crippen LogP contribution in [0.4, 0.5) is 0 Å². The van der Waals surface area contributed by atoms with Gasteiger partial charge in [0, 0.05) is 24.5 Å². The molecule has 1 fully saturated rings. The van der Waals surface area contributed by atoms with Crippen LogP contribution in [0.5, 0.6) is 0 Å². The molecule has 1 saturated heterocycles. The molecule has 0 atom stereocenters. The van der Waals surface area contributed by atoms with E-state index >= 15 is 0 Å². The van der Waals surface area contributed by atoms with Crippen LogP contribution in [0, 0.1) is 11.3 Å². The minimum atomic E-state index is -0.147. The lowest BCUT2D eigenvalue weighted by molar-refractivity contribution is -0.142. The Morgan fingerprint density at radius 3 is 2.50 bits per heavy atom. The predicted molar refractivity (Wildman–Crippen MR) is 116 cm³/mol. The molecule has 0 radical (unpaired) electrons. The minimum absolute atomic E-state index is 0.00190. The molecule has 6 nitrogen and oxygen atoms in total. The maximum Gasteiger partial charge on any atom is 0.242 e. The molecule has 156 valence electrons. The number of hydrogen-bond acceptors (Lipinski definition) is 5. The Bertz CT molecular complexity index is 924. The van der Waals surface area contributed by atoms with Gasteiger partial charge in [0.25, 0.3) is 0 Å². The fourth-order valence-corrected chi connectivity index (χ4v) is 4.15.